The highest BCUT2D eigenvalue weighted by molar-refractivity contribution is 7.88. The van der Waals surface area contributed by atoms with Crippen LogP contribution in [0.1, 0.15) is 17.7 Å². The molecule has 0 spiro atoms. The van der Waals surface area contributed by atoms with Crippen molar-refractivity contribution in [2.45, 2.75) is 19.4 Å². The molecule has 5 rings (SSSR count). The van der Waals surface area contributed by atoms with Crippen LogP contribution in [-0.4, -0.2) is 70.6 Å². The highest BCUT2D eigenvalue weighted by Gasteiger charge is 2.24. The van der Waals surface area contributed by atoms with Gasteiger partial charge in [-0.3, -0.25) is 9.69 Å². The van der Waals surface area contributed by atoms with Crippen molar-refractivity contribution in [3.8, 4) is 16.9 Å². The van der Waals surface area contributed by atoms with E-state index in [-0.39, 0.29) is 5.56 Å². The summed E-state index contributed by atoms with van der Waals surface area (Å²) in [5.74, 6) is 1.40. The van der Waals surface area contributed by atoms with Crippen LogP contribution in [0.3, 0.4) is 0 Å². The molecular formula is C26H33N3O4S2. The van der Waals surface area contributed by atoms with Crippen molar-refractivity contribution >= 4 is 32.8 Å². The molecule has 7 nitrogen and oxygen atoms in total. The van der Waals surface area contributed by atoms with Gasteiger partial charge in [0.1, 0.15) is 12.0 Å². The molecule has 0 N–H and O–H groups in total. The largest absolute Gasteiger partial charge is 0.598 e. The van der Waals surface area contributed by atoms with Gasteiger partial charge < -0.3 is 18.6 Å². The lowest BCUT2D eigenvalue weighted by molar-refractivity contribution is 0.0497. The molecule has 2 fully saturated rings. The summed E-state index contributed by atoms with van der Waals surface area (Å²) >= 11 is 0.789. The van der Waals surface area contributed by atoms with Gasteiger partial charge in [0.15, 0.2) is 0 Å². The van der Waals surface area contributed by atoms with Crippen molar-refractivity contribution in [3.63, 3.8) is 0 Å². The van der Waals surface area contributed by atoms with E-state index in [9.17, 15) is 9.35 Å². The first kappa shape index (κ1) is 24.8. The summed E-state index contributed by atoms with van der Waals surface area (Å²) in [6, 6.07) is 10.3. The summed E-state index contributed by atoms with van der Waals surface area (Å²) < 4.78 is 28.1. The Labute approximate surface area is 213 Å². The molecule has 2 saturated heterocycles. The first-order valence-corrected chi connectivity index (χ1v) is 14.5. The molecule has 1 unspecified atom stereocenters. The predicted molar refractivity (Wildman–Crippen MR) is 142 cm³/mol. The molecule has 2 aliphatic heterocycles. The van der Waals surface area contributed by atoms with Crippen LogP contribution in [0.25, 0.3) is 21.2 Å². The zero-order valence-corrected chi connectivity index (χ0v) is 22.0. The quantitative estimate of drug-likeness (QED) is 0.449. The molecule has 35 heavy (non-hydrogen) atoms. The average Bonchev–Trinajstić information content (AvgIpc) is 3.30. The van der Waals surface area contributed by atoms with Gasteiger partial charge in [-0.05, 0) is 42.5 Å². The molecule has 3 aromatic rings. The third-order valence-corrected chi connectivity index (χ3v) is 9.19. The summed E-state index contributed by atoms with van der Waals surface area (Å²) in [6.07, 6.45) is 5.77. The van der Waals surface area contributed by atoms with Gasteiger partial charge in [-0.1, -0.05) is 12.1 Å². The fraction of sp³-hybridized carbons (Fsp3) is 0.500. The molecular weight excluding hydrogens is 482 g/mol. The van der Waals surface area contributed by atoms with Crippen LogP contribution in [0.4, 0.5) is 0 Å². The zero-order chi connectivity index (χ0) is 24.4. The number of thiophene rings is 1. The Balaban J connectivity index is 1.37. The minimum Gasteiger partial charge on any atom is -0.598 e. The summed E-state index contributed by atoms with van der Waals surface area (Å²) in [7, 11) is 1.82. The molecule has 0 amide bonds. The number of nitrogens with zero attached hydrogens (tertiary/aromatic N) is 3. The second kappa shape index (κ2) is 11.0. The number of pyridine rings is 1. The van der Waals surface area contributed by atoms with Gasteiger partial charge in [-0.15, -0.1) is 15.6 Å². The summed E-state index contributed by atoms with van der Waals surface area (Å²) in [6.45, 7) is 6.52. The molecule has 9 heteroatoms. The fourth-order valence-electron chi connectivity index (χ4n) is 4.83. The van der Waals surface area contributed by atoms with Crippen molar-refractivity contribution in [2.75, 3.05) is 52.3 Å². The molecule has 0 radical (unpaired) electrons. The van der Waals surface area contributed by atoms with E-state index in [0.717, 1.165) is 85.7 Å². The van der Waals surface area contributed by atoms with Crippen LogP contribution >= 0.6 is 11.3 Å². The summed E-state index contributed by atoms with van der Waals surface area (Å²) in [5.41, 5.74) is 2.15. The topological polar surface area (TPSA) is 70.0 Å². The Kier molecular flexibility index (Phi) is 7.81. The maximum absolute atomic E-state index is 13.0. The van der Waals surface area contributed by atoms with E-state index in [4.69, 9.17) is 9.47 Å². The van der Waals surface area contributed by atoms with E-state index in [1.165, 1.54) is 4.88 Å². The number of benzene rings is 1. The van der Waals surface area contributed by atoms with Crippen LogP contribution < -0.4 is 10.3 Å². The van der Waals surface area contributed by atoms with Crippen LogP contribution in [0.15, 0.2) is 41.3 Å². The number of aromatic nitrogens is 1. The maximum Gasteiger partial charge on any atom is 0.259 e. The smallest absolute Gasteiger partial charge is 0.259 e. The standard InChI is InChI=1S/C26H33N3O4S2/c1-27-17-24(20-4-3-5-21(14-20)33-18-19-6-12-32-13-7-19)25-23(26(27)30)15-22(34-25)16-28-8-10-29(11-9-28)35(2)31/h3-5,14-15,17,19H,6-13,16,18H2,1-2H3. The number of hydrogen-bond donors (Lipinski definition) is 0. The Morgan fingerprint density at radius 3 is 2.69 bits per heavy atom. The van der Waals surface area contributed by atoms with Crippen LogP contribution in [0, 0.1) is 5.92 Å². The van der Waals surface area contributed by atoms with Gasteiger partial charge in [0.2, 0.25) is 0 Å². The predicted octanol–water partition coefficient (Wildman–Crippen LogP) is 3.48. The maximum atomic E-state index is 13.0. The van der Waals surface area contributed by atoms with E-state index in [2.05, 4.69) is 23.1 Å². The third-order valence-electron chi connectivity index (χ3n) is 6.95. The van der Waals surface area contributed by atoms with Crippen LogP contribution in [-0.2, 0) is 29.7 Å². The Bertz CT molecular complexity index is 1210. The van der Waals surface area contributed by atoms with Gasteiger partial charge in [-0.2, -0.15) is 0 Å². The fourth-order valence-corrected chi connectivity index (χ4v) is 6.73. The molecule has 1 aromatic carbocycles. The monoisotopic (exact) mass is 515 g/mol. The van der Waals surface area contributed by atoms with Crippen molar-refractivity contribution in [3.05, 3.63) is 51.8 Å². The van der Waals surface area contributed by atoms with E-state index in [0.29, 0.717) is 12.5 Å². The van der Waals surface area contributed by atoms with Crippen molar-refractivity contribution in [1.29, 1.82) is 0 Å². The molecule has 2 aromatic heterocycles. The lowest BCUT2D eigenvalue weighted by Crippen LogP contribution is -2.47. The lowest BCUT2D eigenvalue weighted by atomic mass is 10.0. The average molecular weight is 516 g/mol. The third kappa shape index (κ3) is 5.76. The van der Waals surface area contributed by atoms with Crippen LogP contribution in [0.2, 0.25) is 0 Å². The Morgan fingerprint density at radius 2 is 1.94 bits per heavy atom. The van der Waals surface area contributed by atoms with Gasteiger partial charge in [-0.25, -0.2) is 0 Å². The molecule has 0 aliphatic carbocycles. The number of hydrogen-bond acceptors (Lipinski definition) is 7. The molecule has 0 bridgehead atoms. The number of piperazine rings is 1. The molecule has 1 atom stereocenters. The van der Waals surface area contributed by atoms with E-state index in [1.807, 2.05) is 29.7 Å². The summed E-state index contributed by atoms with van der Waals surface area (Å²) in [4.78, 5) is 16.5. The highest BCUT2D eigenvalue weighted by atomic mass is 32.2. The van der Waals surface area contributed by atoms with Crippen molar-refractivity contribution in [1.82, 2.24) is 13.8 Å². The molecule has 188 valence electrons. The number of ether oxygens (including phenoxy) is 2. The van der Waals surface area contributed by atoms with Gasteiger partial charge in [0.25, 0.3) is 5.56 Å². The van der Waals surface area contributed by atoms with Crippen molar-refractivity contribution in [2.24, 2.45) is 13.0 Å². The molecule has 2 aliphatic rings. The summed E-state index contributed by atoms with van der Waals surface area (Å²) in [5, 5.41) is 0.770. The first-order valence-electron chi connectivity index (χ1n) is 12.2. The molecule has 0 saturated carbocycles. The second-order valence-electron chi connectivity index (χ2n) is 9.44. The Hall–Kier alpha value is -1.88. The number of rotatable bonds is 7. The zero-order valence-electron chi connectivity index (χ0n) is 20.4. The normalized spacial score (nSPS) is 19.3. The second-order valence-corrected chi connectivity index (χ2v) is 11.9. The lowest BCUT2D eigenvalue weighted by Gasteiger charge is -2.32. The van der Waals surface area contributed by atoms with E-state index >= 15 is 0 Å². The Morgan fingerprint density at radius 1 is 1.17 bits per heavy atom. The van der Waals surface area contributed by atoms with Crippen LogP contribution in [0.5, 0.6) is 5.75 Å². The number of fused-ring (bicyclic) bond motifs is 1. The van der Waals surface area contributed by atoms with Gasteiger partial charge in [0, 0.05) is 72.6 Å². The van der Waals surface area contributed by atoms with E-state index < -0.39 is 11.4 Å². The molecule has 4 heterocycles. The van der Waals surface area contributed by atoms with Crippen molar-refractivity contribution < 1.29 is 14.0 Å². The number of aryl methyl sites for hydroxylation is 1. The minimum absolute atomic E-state index is 0.0318. The highest BCUT2D eigenvalue weighted by Crippen LogP contribution is 2.35. The SMILES string of the molecule is Cn1cc(-c2cccc(OCC3CCOCC3)c2)c2sc(CN3CCN([S+](C)[O-])CC3)cc2c1=O. The van der Waals surface area contributed by atoms with Gasteiger partial charge >= 0.3 is 0 Å². The minimum atomic E-state index is -0.912. The van der Waals surface area contributed by atoms with E-state index in [1.54, 1.807) is 22.2 Å². The van der Waals surface area contributed by atoms with Gasteiger partial charge in [0.05, 0.1) is 25.1 Å². The first-order chi connectivity index (χ1) is 17.0.